The number of aromatic nitrogens is 4. The molecule has 136 valence electrons. The maximum atomic E-state index is 5.20. The standard InChI is InChI=1S/C20H24N4OS/c1-4-15-8-6-9-16(5-2)18(15)24-19(17-10-7-11-21-14-17)22-23-20(24)26-13-12-25-3/h6-11,14H,4-5,12-13H2,1-3H3. The third-order valence-corrected chi connectivity index (χ3v) is 5.15. The summed E-state index contributed by atoms with van der Waals surface area (Å²) >= 11 is 1.66. The Hall–Kier alpha value is -2.18. The van der Waals surface area contributed by atoms with Crippen molar-refractivity contribution >= 4 is 11.8 Å². The van der Waals surface area contributed by atoms with Gasteiger partial charge in [-0.3, -0.25) is 9.55 Å². The number of thioether (sulfide) groups is 1. The number of para-hydroxylation sites is 1. The molecule has 6 heteroatoms. The topological polar surface area (TPSA) is 52.8 Å². The summed E-state index contributed by atoms with van der Waals surface area (Å²) in [4.78, 5) is 4.26. The normalized spacial score (nSPS) is 11.0. The lowest BCUT2D eigenvalue weighted by atomic mass is 10.0. The van der Waals surface area contributed by atoms with Gasteiger partial charge in [-0.15, -0.1) is 10.2 Å². The van der Waals surface area contributed by atoms with Crippen LogP contribution in [0.15, 0.2) is 47.9 Å². The second-order valence-electron chi connectivity index (χ2n) is 5.86. The Bertz CT molecular complexity index is 826. The molecule has 26 heavy (non-hydrogen) atoms. The van der Waals surface area contributed by atoms with E-state index in [1.54, 1.807) is 25.1 Å². The van der Waals surface area contributed by atoms with E-state index >= 15 is 0 Å². The molecule has 0 saturated carbocycles. The van der Waals surface area contributed by atoms with E-state index in [0.29, 0.717) is 6.61 Å². The van der Waals surface area contributed by atoms with Gasteiger partial charge in [-0.1, -0.05) is 43.8 Å². The van der Waals surface area contributed by atoms with Crippen LogP contribution in [-0.2, 0) is 17.6 Å². The molecule has 2 aromatic heterocycles. The summed E-state index contributed by atoms with van der Waals surface area (Å²) in [5.74, 6) is 1.66. The second kappa shape index (κ2) is 8.96. The molecule has 1 aromatic carbocycles. The van der Waals surface area contributed by atoms with E-state index in [0.717, 1.165) is 35.1 Å². The van der Waals surface area contributed by atoms with Crippen LogP contribution in [0, 0.1) is 0 Å². The van der Waals surface area contributed by atoms with Gasteiger partial charge in [0.05, 0.1) is 12.3 Å². The maximum Gasteiger partial charge on any atom is 0.196 e. The summed E-state index contributed by atoms with van der Waals surface area (Å²) in [6, 6.07) is 10.5. The lowest BCUT2D eigenvalue weighted by Gasteiger charge is -2.17. The zero-order chi connectivity index (χ0) is 18.4. The van der Waals surface area contributed by atoms with Gasteiger partial charge in [0.2, 0.25) is 0 Å². The first-order valence-electron chi connectivity index (χ1n) is 8.88. The van der Waals surface area contributed by atoms with Crippen LogP contribution in [0.2, 0.25) is 0 Å². The van der Waals surface area contributed by atoms with Crippen LogP contribution < -0.4 is 0 Å². The van der Waals surface area contributed by atoms with Crippen molar-refractivity contribution in [2.24, 2.45) is 0 Å². The van der Waals surface area contributed by atoms with E-state index in [2.05, 4.69) is 51.8 Å². The number of rotatable bonds is 8. The fraction of sp³-hybridized carbons (Fsp3) is 0.350. The van der Waals surface area contributed by atoms with Crippen LogP contribution >= 0.6 is 11.8 Å². The van der Waals surface area contributed by atoms with Crippen molar-refractivity contribution in [2.75, 3.05) is 19.5 Å². The van der Waals surface area contributed by atoms with Crippen LogP contribution in [0.1, 0.15) is 25.0 Å². The molecule has 2 heterocycles. The maximum absolute atomic E-state index is 5.20. The number of hydrogen-bond donors (Lipinski definition) is 0. The van der Waals surface area contributed by atoms with Gasteiger partial charge < -0.3 is 4.74 Å². The lowest BCUT2D eigenvalue weighted by Crippen LogP contribution is -2.07. The molecule has 0 atom stereocenters. The Kier molecular flexibility index (Phi) is 6.41. The van der Waals surface area contributed by atoms with Crippen molar-refractivity contribution in [3.05, 3.63) is 53.9 Å². The monoisotopic (exact) mass is 368 g/mol. The Morgan fingerprint density at radius 3 is 2.42 bits per heavy atom. The van der Waals surface area contributed by atoms with E-state index in [-0.39, 0.29) is 0 Å². The SMILES string of the molecule is CCc1cccc(CC)c1-n1c(SCCOC)nnc1-c1cccnc1. The zero-order valence-corrected chi connectivity index (χ0v) is 16.3. The number of methoxy groups -OCH3 is 1. The predicted octanol–water partition coefficient (Wildman–Crippen LogP) is 4.19. The van der Waals surface area contributed by atoms with Crippen molar-refractivity contribution in [1.82, 2.24) is 19.7 Å². The third kappa shape index (κ3) is 3.81. The molecule has 5 nitrogen and oxygen atoms in total. The van der Waals surface area contributed by atoms with E-state index < -0.39 is 0 Å². The second-order valence-corrected chi connectivity index (χ2v) is 6.92. The molecule has 0 N–H and O–H groups in total. The molecular weight excluding hydrogens is 344 g/mol. The molecule has 0 aliphatic heterocycles. The Morgan fingerprint density at radius 1 is 1.04 bits per heavy atom. The van der Waals surface area contributed by atoms with Crippen LogP contribution in [0.5, 0.6) is 0 Å². The molecule has 0 spiro atoms. The molecular formula is C20H24N4OS. The van der Waals surface area contributed by atoms with Gasteiger partial charge in [-0.25, -0.2) is 0 Å². The highest BCUT2D eigenvalue weighted by atomic mass is 32.2. The summed E-state index contributed by atoms with van der Waals surface area (Å²) in [5, 5.41) is 9.87. The molecule has 0 fully saturated rings. The third-order valence-electron chi connectivity index (χ3n) is 4.26. The average Bonchev–Trinajstić information content (AvgIpc) is 3.11. The predicted molar refractivity (Wildman–Crippen MR) is 106 cm³/mol. The summed E-state index contributed by atoms with van der Waals surface area (Å²) in [6.07, 6.45) is 5.52. The molecule has 3 aromatic rings. The minimum absolute atomic E-state index is 0.676. The van der Waals surface area contributed by atoms with Crippen molar-refractivity contribution in [3.63, 3.8) is 0 Å². The largest absolute Gasteiger partial charge is 0.384 e. The average molecular weight is 369 g/mol. The van der Waals surface area contributed by atoms with Gasteiger partial charge in [0.1, 0.15) is 0 Å². The van der Waals surface area contributed by atoms with E-state index in [1.807, 2.05) is 18.3 Å². The summed E-state index contributed by atoms with van der Waals surface area (Å²) in [6.45, 7) is 5.05. The van der Waals surface area contributed by atoms with Crippen molar-refractivity contribution < 1.29 is 4.74 Å². The summed E-state index contributed by atoms with van der Waals surface area (Å²) in [7, 11) is 1.72. The fourth-order valence-corrected chi connectivity index (χ4v) is 3.80. The summed E-state index contributed by atoms with van der Waals surface area (Å²) in [5.41, 5.74) is 4.75. The number of pyridine rings is 1. The van der Waals surface area contributed by atoms with Crippen LogP contribution in [-0.4, -0.2) is 39.2 Å². The number of aryl methyl sites for hydroxylation is 2. The highest BCUT2D eigenvalue weighted by Crippen LogP contribution is 2.31. The first-order chi connectivity index (χ1) is 12.8. The van der Waals surface area contributed by atoms with Gasteiger partial charge >= 0.3 is 0 Å². The van der Waals surface area contributed by atoms with Gasteiger partial charge in [-0.05, 0) is 36.1 Å². The fourth-order valence-electron chi connectivity index (χ4n) is 2.97. The lowest BCUT2D eigenvalue weighted by molar-refractivity contribution is 0.218. The molecule has 0 bridgehead atoms. The minimum atomic E-state index is 0.676. The first-order valence-corrected chi connectivity index (χ1v) is 9.87. The minimum Gasteiger partial charge on any atom is -0.384 e. The molecule has 0 aliphatic rings. The van der Waals surface area contributed by atoms with E-state index in [4.69, 9.17) is 4.74 Å². The Labute approximate surface area is 158 Å². The van der Waals surface area contributed by atoms with Gasteiger partial charge in [0.25, 0.3) is 0 Å². The van der Waals surface area contributed by atoms with Gasteiger partial charge in [0.15, 0.2) is 11.0 Å². The van der Waals surface area contributed by atoms with Crippen LogP contribution in [0.3, 0.4) is 0 Å². The number of benzene rings is 1. The van der Waals surface area contributed by atoms with Crippen LogP contribution in [0.4, 0.5) is 0 Å². The zero-order valence-electron chi connectivity index (χ0n) is 15.5. The molecule has 0 amide bonds. The Balaban J connectivity index is 2.19. The number of nitrogens with zero attached hydrogens (tertiary/aromatic N) is 4. The number of hydrogen-bond acceptors (Lipinski definition) is 5. The first kappa shape index (κ1) is 18.6. The molecule has 0 aliphatic carbocycles. The van der Waals surface area contributed by atoms with Crippen LogP contribution in [0.25, 0.3) is 17.1 Å². The Morgan fingerprint density at radius 2 is 1.81 bits per heavy atom. The quantitative estimate of drug-likeness (QED) is 0.441. The van der Waals surface area contributed by atoms with E-state index in [1.165, 1.54) is 16.8 Å². The van der Waals surface area contributed by atoms with E-state index in [9.17, 15) is 0 Å². The number of ether oxygens (including phenoxy) is 1. The van der Waals surface area contributed by atoms with Crippen molar-refractivity contribution in [2.45, 2.75) is 31.8 Å². The van der Waals surface area contributed by atoms with Crippen molar-refractivity contribution in [3.8, 4) is 17.1 Å². The highest BCUT2D eigenvalue weighted by Gasteiger charge is 2.20. The molecule has 0 saturated heterocycles. The highest BCUT2D eigenvalue weighted by molar-refractivity contribution is 7.99. The summed E-state index contributed by atoms with van der Waals surface area (Å²) < 4.78 is 7.39. The van der Waals surface area contributed by atoms with Gasteiger partial charge in [0, 0.05) is 30.8 Å². The molecule has 0 radical (unpaired) electrons. The molecule has 0 unspecified atom stereocenters. The smallest absolute Gasteiger partial charge is 0.196 e. The molecule has 3 rings (SSSR count). The van der Waals surface area contributed by atoms with Gasteiger partial charge in [-0.2, -0.15) is 0 Å². The van der Waals surface area contributed by atoms with Crippen molar-refractivity contribution in [1.29, 1.82) is 0 Å².